The lowest BCUT2D eigenvalue weighted by Gasteiger charge is -2.06. The zero-order chi connectivity index (χ0) is 12.4. The highest BCUT2D eigenvalue weighted by Gasteiger charge is 2.12. The minimum atomic E-state index is -0.00756. The first-order valence-electron chi connectivity index (χ1n) is 5.74. The molecule has 0 saturated heterocycles. The van der Waals surface area contributed by atoms with Crippen LogP contribution in [0.25, 0.3) is 11.3 Å². The van der Waals surface area contributed by atoms with E-state index in [9.17, 15) is 0 Å². The molecule has 1 unspecified atom stereocenters. The van der Waals surface area contributed by atoms with Crippen molar-refractivity contribution < 1.29 is 4.42 Å². The maximum absolute atomic E-state index is 5.96. The maximum Gasteiger partial charge on any atom is 0.134 e. The molecule has 3 heteroatoms. The quantitative estimate of drug-likeness (QED) is 0.847. The zero-order valence-electron chi connectivity index (χ0n) is 10.0. The monoisotopic (exact) mass is 341 g/mol. The molecule has 0 radical (unpaired) electrons. The van der Waals surface area contributed by atoms with E-state index < -0.39 is 0 Å². The Morgan fingerprint density at radius 1 is 1.29 bits per heavy atom. The fourth-order valence-corrected chi connectivity index (χ4v) is 2.27. The molecule has 0 aliphatic rings. The van der Waals surface area contributed by atoms with Crippen molar-refractivity contribution in [2.24, 2.45) is 5.73 Å². The standard InChI is InChI=1S/C14H16INO/c1-3-12(16)14-8-7-13(17-14)10-5-4-6-11(15)9(10)2/h4-8,12H,3,16H2,1-2H3. The van der Waals surface area contributed by atoms with Crippen molar-refractivity contribution in [3.05, 3.63) is 45.2 Å². The average molecular weight is 341 g/mol. The molecule has 90 valence electrons. The Labute approximate surface area is 115 Å². The first kappa shape index (κ1) is 12.6. The predicted molar refractivity (Wildman–Crippen MR) is 78.8 cm³/mol. The molecule has 0 saturated carbocycles. The number of furan rings is 1. The molecule has 0 aliphatic heterocycles. The van der Waals surface area contributed by atoms with Gasteiger partial charge in [-0.05, 0) is 59.7 Å². The molecule has 17 heavy (non-hydrogen) atoms. The molecule has 2 nitrogen and oxygen atoms in total. The van der Waals surface area contributed by atoms with Gasteiger partial charge in [-0.1, -0.05) is 19.1 Å². The van der Waals surface area contributed by atoms with Crippen LogP contribution in [0.5, 0.6) is 0 Å². The number of rotatable bonds is 3. The molecule has 0 spiro atoms. The van der Waals surface area contributed by atoms with E-state index in [4.69, 9.17) is 10.2 Å². The molecule has 2 rings (SSSR count). The first-order valence-corrected chi connectivity index (χ1v) is 6.82. The van der Waals surface area contributed by atoms with Crippen LogP contribution in [0.15, 0.2) is 34.7 Å². The Morgan fingerprint density at radius 2 is 2.06 bits per heavy atom. The molecule has 0 amide bonds. The van der Waals surface area contributed by atoms with Crippen LogP contribution in [0.2, 0.25) is 0 Å². The van der Waals surface area contributed by atoms with E-state index in [1.54, 1.807) is 0 Å². The molecule has 0 fully saturated rings. The maximum atomic E-state index is 5.96. The van der Waals surface area contributed by atoms with Crippen LogP contribution in [-0.2, 0) is 0 Å². The predicted octanol–water partition coefficient (Wildman–Crippen LogP) is 4.27. The van der Waals surface area contributed by atoms with E-state index in [0.717, 1.165) is 23.5 Å². The Hall–Kier alpha value is -0.810. The topological polar surface area (TPSA) is 39.2 Å². The summed E-state index contributed by atoms with van der Waals surface area (Å²) in [5, 5.41) is 0. The molecule has 1 atom stereocenters. The Balaban J connectivity index is 2.40. The van der Waals surface area contributed by atoms with Gasteiger partial charge in [0.15, 0.2) is 0 Å². The van der Waals surface area contributed by atoms with Gasteiger partial charge in [-0.15, -0.1) is 0 Å². The summed E-state index contributed by atoms with van der Waals surface area (Å²) >= 11 is 2.34. The van der Waals surface area contributed by atoms with Crippen molar-refractivity contribution in [1.29, 1.82) is 0 Å². The van der Waals surface area contributed by atoms with E-state index in [2.05, 4.69) is 48.6 Å². The molecule has 1 heterocycles. The number of hydrogen-bond acceptors (Lipinski definition) is 2. The summed E-state index contributed by atoms with van der Waals surface area (Å²) < 4.78 is 7.08. The second-order valence-electron chi connectivity index (χ2n) is 4.13. The van der Waals surface area contributed by atoms with Crippen molar-refractivity contribution in [3.8, 4) is 11.3 Å². The Kier molecular flexibility index (Phi) is 3.89. The van der Waals surface area contributed by atoms with E-state index in [0.29, 0.717) is 0 Å². The van der Waals surface area contributed by atoms with E-state index in [1.165, 1.54) is 9.13 Å². The third kappa shape index (κ3) is 2.55. The molecule has 2 aromatic rings. The lowest BCUT2D eigenvalue weighted by molar-refractivity contribution is 0.470. The minimum Gasteiger partial charge on any atom is -0.459 e. The minimum absolute atomic E-state index is 0.00756. The lowest BCUT2D eigenvalue weighted by atomic mass is 10.1. The van der Waals surface area contributed by atoms with Crippen LogP contribution in [0.1, 0.15) is 30.7 Å². The summed E-state index contributed by atoms with van der Waals surface area (Å²) in [6, 6.07) is 10.2. The largest absolute Gasteiger partial charge is 0.459 e. The van der Waals surface area contributed by atoms with Crippen molar-refractivity contribution in [2.45, 2.75) is 26.3 Å². The number of nitrogens with two attached hydrogens (primary N) is 1. The van der Waals surface area contributed by atoms with Crippen LogP contribution in [0.3, 0.4) is 0 Å². The molecule has 2 N–H and O–H groups in total. The van der Waals surface area contributed by atoms with Gasteiger partial charge < -0.3 is 10.2 Å². The van der Waals surface area contributed by atoms with Gasteiger partial charge in [-0.25, -0.2) is 0 Å². The molecule has 0 aliphatic carbocycles. The molecule has 1 aromatic heterocycles. The van der Waals surface area contributed by atoms with E-state index >= 15 is 0 Å². The Bertz CT molecular complexity index is 519. The second kappa shape index (κ2) is 5.23. The smallest absolute Gasteiger partial charge is 0.134 e. The van der Waals surface area contributed by atoms with Gasteiger partial charge >= 0.3 is 0 Å². The van der Waals surface area contributed by atoms with Gasteiger partial charge in [0, 0.05) is 9.13 Å². The van der Waals surface area contributed by atoms with E-state index in [1.807, 2.05) is 18.2 Å². The van der Waals surface area contributed by atoms with Gasteiger partial charge in [0.2, 0.25) is 0 Å². The number of hydrogen-bond donors (Lipinski definition) is 1. The van der Waals surface area contributed by atoms with Crippen molar-refractivity contribution in [2.75, 3.05) is 0 Å². The fourth-order valence-electron chi connectivity index (χ4n) is 1.77. The lowest BCUT2D eigenvalue weighted by Crippen LogP contribution is -2.06. The van der Waals surface area contributed by atoms with Crippen LogP contribution < -0.4 is 5.73 Å². The third-order valence-electron chi connectivity index (χ3n) is 2.97. The summed E-state index contributed by atoms with van der Waals surface area (Å²) in [5.74, 6) is 1.76. The highest BCUT2D eigenvalue weighted by molar-refractivity contribution is 14.1. The number of halogens is 1. The SMILES string of the molecule is CCC(N)c1ccc(-c2cccc(I)c2C)o1. The highest BCUT2D eigenvalue weighted by Crippen LogP contribution is 2.29. The molecular weight excluding hydrogens is 325 g/mol. The van der Waals surface area contributed by atoms with Crippen LogP contribution in [0.4, 0.5) is 0 Å². The summed E-state index contributed by atoms with van der Waals surface area (Å²) in [4.78, 5) is 0. The van der Waals surface area contributed by atoms with Gasteiger partial charge in [-0.2, -0.15) is 0 Å². The van der Waals surface area contributed by atoms with Crippen molar-refractivity contribution in [3.63, 3.8) is 0 Å². The molecule has 1 aromatic carbocycles. The normalized spacial score (nSPS) is 12.7. The Morgan fingerprint density at radius 3 is 2.76 bits per heavy atom. The second-order valence-corrected chi connectivity index (χ2v) is 5.29. The van der Waals surface area contributed by atoms with Gasteiger partial charge in [-0.3, -0.25) is 0 Å². The van der Waals surface area contributed by atoms with Crippen LogP contribution in [0, 0.1) is 10.5 Å². The molecule has 0 bridgehead atoms. The third-order valence-corrected chi connectivity index (χ3v) is 4.13. The summed E-state index contributed by atoms with van der Waals surface area (Å²) in [7, 11) is 0. The zero-order valence-corrected chi connectivity index (χ0v) is 12.2. The summed E-state index contributed by atoms with van der Waals surface area (Å²) in [6.45, 7) is 4.17. The molecular formula is C14H16INO. The van der Waals surface area contributed by atoms with Crippen LogP contribution >= 0.6 is 22.6 Å². The highest BCUT2D eigenvalue weighted by atomic mass is 127. The fraction of sp³-hybridized carbons (Fsp3) is 0.286. The summed E-state index contributed by atoms with van der Waals surface area (Å²) in [5.41, 5.74) is 8.35. The first-order chi connectivity index (χ1) is 8.13. The summed E-state index contributed by atoms with van der Waals surface area (Å²) in [6.07, 6.45) is 0.887. The van der Waals surface area contributed by atoms with Gasteiger partial charge in [0.05, 0.1) is 6.04 Å². The van der Waals surface area contributed by atoms with Crippen molar-refractivity contribution >= 4 is 22.6 Å². The van der Waals surface area contributed by atoms with Crippen LogP contribution in [-0.4, -0.2) is 0 Å². The van der Waals surface area contributed by atoms with Gasteiger partial charge in [0.1, 0.15) is 11.5 Å². The van der Waals surface area contributed by atoms with Gasteiger partial charge in [0.25, 0.3) is 0 Å². The average Bonchev–Trinajstić information content (AvgIpc) is 2.81. The van der Waals surface area contributed by atoms with Crippen molar-refractivity contribution in [1.82, 2.24) is 0 Å². The number of benzene rings is 1. The van der Waals surface area contributed by atoms with E-state index in [-0.39, 0.29) is 6.04 Å².